The Morgan fingerprint density at radius 1 is 1.47 bits per heavy atom. The number of carbonyl (C=O) groups is 1. The quantitative estimate of drug-likeness (QED) is 0.867. The molecular formula is C14H20N2O. The molecule has 17 heavy (non-hydrogen) atoms. The van der Waals surface area contributed by atoms with Gasteiger partial charge in [0.05, 0.1) is 6.54 Å². The summed E-state index contributed by atoms with van der Waals surface area (Å²) in [6.07, 6.45) is 2.20. The number of nitrogens with zero attached hydrogens (tertiary/aromatic N) is 1. The molecule has 0 unspecified atom stereocenters. The molecule has 0 aromatic heterocycles. The van der Waals surface area contributed by atoms with E-state index < -0.39 is 0 Å². The molecule has 0 saturated carbocycles. The summed E-state index contributed by atoms with van der Waals surface area (Å²) >= 11 is 0. The minimum absolute atomic E-state index is 0.259. The summed E-state index contributed by atoms with van der Waals surface area (Å²) in [6, 6.07) is 6.56. The second-order valence-electron chi connectivity index (χ2n) is 5.03. The number of amides is 1. The number of benzene rings is 1. The minimum Gasteiger partial charge on any atom is -0.368 e. The Morgan fingerprint density at radius 2 is 2.24 bits per heavy atom. The van der Waals surface area contributed by atoms with Crippen LogP contribution >= 0.6 is 0 Å². The molecule has 0 bridgehead atoms. The first-order valence-electron chi connectivity index (χ1n) is 6.24. The lowest BCUT2D eigenvalue weighted by atomic mass is 9.95. The monoisotopic (exact) mass is 232 g/mol. The third kappa shape index (κ3) is 2.60. The van der Waals surface area contributed by atoms with Crippen molar-refractivity contribution in [1.82, 2.24) is 0 Å². The van der Waals surface area contributed by atoms with Crippen LogP contribution in [-0.4, -0.2) is 19.0 Å². The Hall–Kier alpha value is -1.51. The van der Waals surface area contributed by atoms with Crippen LogP contribution in [0.5, 0.6) is 0 Å². The lowest BCUT2D eigenvalue weighted by Gasteiger charge is -2.30. The van der Waals surface area contributed by atoms with Gasteiger partial charge in [-0.05, 0) is 36.0 Å². The molecule has 0 saturated heterocycles. The second-order valence-corrected chi connectivity index (χ2v) is 5.03. The molecule has 3 nitrogen and oxygen atoms in total. The molecule has 0 atom stereocenters. The first-order chi connectivity index (χ1) is 8.08. The molecule has 1 amide bonds. The fourth-order valence-corrected chi connectivity index (χ4v) is 2.41. The van der Waals surface area contributed by atoms with E-state index in [1.807, 2.05) is 0 Å². The molecule has 0 fully saturated rings. The summed E-state index contributed by atoms with van der Waals surface area (Å²) in [7, 11) is 0. The van der Waals surface area contributed by atoms with Gasteiger partial charge in [-0.3, -0.25) is 4.79 Å². The highest BCUT2D eigenvalue weighted by molar-refractivity contribution is 5.80. The van der Waals surface area contributed by atoms with Crippen molar-refractivity contribution in [2.45, 2.75) is 32.6 Å². The highest BCUT2D eigenvalue weighted by Gasteiger charge is 2.18. The summed E-state index contributed by atoms with van der Waals surface area (Å²) in [4.78, 5) is 13.1. The van der Waals surface area contributed by atoms with Gasteiger partial charge in [0, 0.05) is 12.2 Å². The summed E-state index contributed by atoms with van der Waals surface area (Å²) in [6.45, 7) is 5.66. The maximum atomic E-state index is 11.0. The molecule has 1 aromatic carbocycles. The highest BCUT2D eigenvalue weighted by Crippen LogP contribution is 2.29. The van der Waals surface area contributed by atoms with Crippen LogP contribution in [0.15, 0.2) is 18.2 Å². The second kappa shape index (κ2) is 4.78. The molecule has 3 heteroatoms. The summed E-state index contributed by atoms with van der Waals surface area (Å²) in [5.41, 5.74) is 9.17. The molecule has 0 radical (unpaired) electrons. The van der Waals surface area contributed by atoms with E-state index >= 15 is 0 Å². The lowest BCUT2D eigenvalue weighted by Crippen LogP contribution is -2.37. The molecule has 1 aliphatic heterocycles. The van der Waals surface area contributed by atoms with Gasteiger partial charge in [-0.15, -0.1) is 0 Å². The topological polar surface area (TPSA) is 46.3 Å². The van der Waals surface area contributed by atoms with Crippen molar-refractivity contribution in [2.24, 2.45) is 5.73 Å². The predicted molar refractivity (Wildman–Crippen MR) is 70.3 cm³/mol. The average molecular weight is 232 g/mol. The zero-order chi connectivity index (χ0) is 12.4. The third-order valence-corrected chi connectivity index (χ3v) is 3.33. The Kier molecular flexibility index (Phi) is 3.36. The van der Waals surface area contributed by atoms with E-state index in [2.05, 4.69) is 36.9 Å². The normalized spacial score (nSPS) is 14.9. The van der Waals surface area contributed by atoms with Crippen molar-refractivity contribution < 1.29 is 4.79 Å². The van der Waals surface area contributed by atoms with Crippen LogP contribution in [0, 0.1) is 0 Å². The summed E-state index contributed by atoms with van der Waals surface area (Å²) in [5.74, 6) is 0.289. The number of fused-ring (bicyclic) bond motifs is 1. The van der Waals surface area contributed by atoms with E-state index in [4.69, 9.17) is 5.73 Å². The number of hydrogen-bond acceptors (Lipinski definition) is 2. The van der Waals surface area contributed by atoms with E-state index in [1.165, 1.54) is 16.8 Å². The third-order valence-electron chi connectivity index (χ3n) is 3.33. The minimum atomic E-state index is -0.259. The molecule has 92 valence electrons. The van der Waals surface area contributed by atoms with Gasteiger partial charge < -0.3 is 10.6 Å². The molecule has 2 rings (SSSR count). The number of hydrogen-bond donors (Lipinski definition) is 1. The summed E-state index contributed by atoms with van der Waals surface area (Å²) < 4.78 is 0. The first kappa shape index (κ1) is 12.0. The first-order valence-corrected chi connectivity index (χ1v) is 6.24. The van der Waals surface area contributed by atoms with Gasteiger partial charge >= 0.3 is 0 Å². The molecule has 0 aliphatic carbocycles. The van der Waals surface area contributed by atoms with Gasteiger partial charge in [-0.2, -0.15) is 0 Å². The van der Waals surface area contributed by atoms with Crippen molar-refractivity contribution in [2.75, 3.05) is 18.0 Å². The van der Waals surface area contributed by atoms with E-state index in [0.29, 0.717) is 12.5 Å². The Morgan fingerprint density at radius 3 is 2.88 bits per heavy atom. The maximum absolute atomic E-state index is 11.0. The standard InChI is InChI=1S/C14H20N2O/c1-10(2)11-5-6-13-12(8-11)4-3-7-16(13)9-14(15)17/h5-6,8,10H,3-4,7,9H2,1-2H3,(H2,15,17). The molecule has 1 aliphatic rings. The maximum Gasteiger partial charge on any atom is 0.236 e. The molecule has 1 aromatic rings. The Labute approximate surface area is 103 Å². The van der Waals surface area contributed by atoms with Gasteiger partial charge in [0.15, 0.2) is 0 Å². The Bertz CT molecular complexity index is 426. The zero-order valence-electron chi connectivity index (χ0n) is 10.6. The van der Waals surface area contributed by atoms with Crippen LogP contribution in [0.4, 0.5) is 5.69 Å². The smallest absolute Gasteiger partial charge is 0.236 e. The number of aryl methyl sites for hydroxylation is 1. The van der Waals surface area contributed by atoms with Crippen molar-refractivity contribution in [3.63, 3.8) is 0 Å². The van der Waals surface area contributed by atoms with Gasteiger partial charge in [-0.1, -0.05) is 26.0 Å². The SMILES string of the molecule is CC(C)c1ccc2c(c1)CCCN2CC(N)=O. The molecular weight excluding hydrogens is 212 g/mol. The van der Waals surface area contributed by atoms with Crippen LogP contribution < -0.4 is 10.6 Å². The summed E-state index contributed by atoms with van der Waals surface area (Å²) in [5, 5.41) is 0. The highest BCUT2D eigenvalue weighted by atomic mass is 16.1. The van der Waals surface area contributed by atoms with E-state index in [0.717, 1.165) is 19.4 Å². The zero-order valence-corrected chi connectivity index (χ0v) is 10.6. The van der Waals surface area contributed by atoms with Crippen molar-refractivity contribution in [1.29, 1.82) is 0 Å². The van der Waals surface area contributed by atoms with Crippen molar-refractivity contribution >= 4 is 11.6 Å². The fourth-order valence-electron chi connectivity index (χ4n) is 2.41. The van der Waals surface area contributed by atoms with E-state index in [9.17, 15) is 4.79 Å². The van der Waals surface area contributed by atoms with Crippen LogP contribution in [0.1, 0.15) is 37.3 Å². The van der Waals surface area contributed by atoms with E-state index in [1.54, 1.807) is 0 Å². The van der Waals surface area contributed by atoms with Crippen molar-refractivity contribution in [3.05, 3.63) is 29.3 Å². The number of rotatable bonds is 3. The largest absolute Gasteiger partial charge is 0.368 e. The van der Waals surface area contributed by atoms with Gasteiger partial charge in [0.1, 0.15) is 0 Å². The molecule has 2 N–H and O–H groups in total. The van der Waals surface area contributed by atoms with Crippen LogP contribution in [0.2, 0.25) is 0 Å². The lowest BCUT2D eigenvalue weighted by molar-refractivity contribution is -0.116. The van der Waals surface area contributed by atoms with Crippen LogP contribution in [-0.2, 0) is 11.2 Å². The van der Waals surface area contributed by atoms with Crippen molar-refractivity contribution in [3.8, 4) is 0 Å². The Balaban J connectivity index is 2.30. The number of primary amides is 1. The number of carbonyl (C=O) groups excluding carboxylic acids is 1. The van der Waals surface area contributed by atoms with Crippen LogP contribution in [0.3, 0.4) is 0 Å². The number of anilines is 1. The number of nitrogens with two attached hydrogens (primary N) is 1. The predicted octanol–water partition coefficient (Wildman–Crippen LogP) is 2.05. The average Bonchev–Trinajstić information content (AvgIpc) is 2.28. The van der Waals surface area contributed by atoms with Gasteiger partial charge in [0.25, 0.3) is 0 Å². The van der Waals surface area contributed by atoms with Gasteiger partial charge in [-0.25, -0.2) is 0 Å². The molecule has 0 spiro atoms. The molecule has 1 heterocycles. The van der Waals surface area contributed by atoms with Crippen LogP contribution in [0.25, 0.3) is 0 Å². The fraction of sp³-hybridized carbons (Fsp3) is 0.500. The van der Waals surface area contributed by atoms with E-state index in [-0.39, 0.29) is 5.91 Å². The van der Waals surface area contributed by atoms with Gasteiger partial charge in [0.2, 0.25) is 5.91 Å².